The van der Waals surface area contributed by atoms with Crippen molar-refractivity contribution in [2.75, 3.05) is 20.2 Å². The number of ether oxygens (including phenoxy) is 1. The second-order valence-corrected chi connectivity index (χ2v) is 5.74. The molecule has 2 rings (SSSR count). The Morgan fingerprint density at radius 1 is 1.36 bits per heavy atom. The molecule has 0 bridgehead atoms. The van der Waals surface area contributed by atoms with Crippen molar-refractivity contribution in [1.29, 1.82) is 0 Å². The Labute approximate surface area is 133 Å². The first-order chi connectivity index (χ1) is 10.7. The molecular formula is C15H19N3O3S. The highest BCUT2D eigenvalue weighted by Gasteiger charge is 2.06. The molecule has 0 atom stereocenters. The normalized spacial score (nSPS) is 10.4. The standard InChI is InChI=1S/C15H19N3O3S/c1-16-7-2-8-21-12-5-3-11(4-6-12)14-17-9-13(22-14)10-18-15(19)20/h3-6,9,16,18H,2,7-8,10H2,1H3,(H,19,20). The molecule has 1 aromatic carbocycles. The number of carbonyl (C=O) groups is 1. The van der Waals surface area contributed by atoms with Gasteiger partial charge in [0.2, 0.25) is 0 Å². The van der Waals surface area contributed by atoms with Crippen LogP contribution in [-0.2, 0) is 6.54 Å². The van der Waals surface area contributed by atoms with E-state index in [0.717, 1.165) is 34.2 Å². The molecule has 22 heavy (non-hydrogen) atoms. The Balaban J connectivity index is 1.91. The van der Waals surface area contributed by atoms with E-state index < -0.39 is 6.09 Å². The van der Waals surface area contributed by atoms with E-state index in [1.54, 1.807) is 6.20 Å². The topological polar surface area (TPSA) is 83.5 Å². The van der Waals surface area contributed by atoms with E-state index in [-0.39, 0.29) is 6.54 Å². The van der Waals surface area contributed by atoms with E-state index >= 15 is 0 Å². The average molecular weight is 321 g/mol. The van der Waals surface area contributed by atoms with Gasteiger partial charge in [0.05, 0.1) is 13.2 Å². The lowest BCUT2D eigenvalue weighted by Gasteiger charge is -2.06. The zero-order valence-corrected chi connectivity index (χ0v) is 13.2. The van der Waals surface area contributed by atoms with Crippen LogP contribution in [0.1, 0.15) is 11.3 Å². The largest absolute Gasteiger partial charge is 0.494 e. The van der Waals surface area contributed by atoms with Crippen molar-refractivity contribution < 1.29 is 14.6 Å². The van der Waals surface area contributed by atoms with Gasteiger partial charge < -0.3 is 20.5 Å². The molecule has 0 fully saturated rings. The van der Waals surface area contributed by atoms with Gasteiger partial charge in [-0.1, -0.05) is 0 Å². The number of hydrogen-bond acceptors (Lipinski definition) is 5. The molecule has 0 radical (unpaired) electrons. The first-order valence-corrected chi connectivity index (χ1v) is 7.80. The predicted octanol–water partition coefficient (Wildman–Crippen LogP) is 2.57. The van der Waals surface area contributed by atoms with E-state index in [4.69, 9.17) is 9.84 Å². The predicted molar refractivity (Wildman–Crippen MR) is 86.5 cm³/mol. The summed E-state index contributed by atoms with van der Waals surface area (Å²) < 4.78 is 5.64. The lowest BCUT2D eigenvalue weighted by molar-refractivity contribution is 0.194. The maximum Gasteiger partial charge on any atom is 0.404 e. The van der Waals surface area contributed by atoms with E-state index in [0.29, 0.717) is 6.61 Å². The summed E-state index contributed by atoms with van der Waals surface area (Å²) in [5.41, 5.74) is 0.995. The van der Waals surface area contributed by atoms with Crippen LogP contribution in [0.4, 0.5) is 4.79 Å². The van der Waals surface area contributed by atoms with Crippen molar-refractivity contribution in [1.82, 2.24) is 15.6 Å². The van der Waals surface area contributed by atoms with Crippen molar-refractivity contribution >= 4 is 17.4 Å². The highest BCUT2D eigenvalue weighted by Crippen LogP contribution is 2.26. The van der Waals surface area contributed by atoms with Crippen LogP contribution >= 0.6 is 11.3 Å². The molecule has 0 aliphatic heterocycles. The Morgan fingerprint density at radius 2 is 2.14 bits per heavy atom. The Hall–Kier alpha value is -2.12. The highest BCUT2D eigenvalue weighted by molar-refractivity contribution is 7.15. The van der Waals surface area contributed by atoms with Gasteiger partial charge in [0.1, 0.15) is 10.8 Å². The quantitative estimate of drug-likeness (QED) is 0.651. The zero-order valence-electron chi connectivity index (χ0n) is 12.3. The molecule has 0 aliphatic carbocycles. The summed E-state index contributed by atoms with van der Waals surface area (Å²) in [7, 11) is 1.92. The zero-order chi connectivity index (χ0) is 15.8. The molecule has 0 saturated heterocycles. The van der Waals surface area contributed by atoms with Crippen LogP contribution < -0.4 is 15.4 Å². The van der Waals surface area contributed by atoms with Crippen molar-refractivity contribution in [3.63, 3.8) is 0 Å². The Morgan fingerprint density at radius 3 is 2.82 bits per heavy atom. The van der Waals surface area contributed by atoms with Gasteiger partial charge in [-0.15, -0.1) is 11.3 Å². The first kappa shape index (κ1) is 16.3. The maximum atomic E-state index is 10.5. The number of nitrogens with one attached hydrogen (secondary N) is 2. The van der Waals surface area contributed by atoms with Gasteiger partial charge in [-0.2, -0.15) is 0 Å². The summed E-state index contributed by atoms with van der Waals surface area (Å²) >= 11 is 1.47. The van der Waals surface area contributed by atoms with Gasteiger partial charge in [-0.05, 0) is 44.3 Å². The van der Waals surface area contributed by atoms with E-state index in [9.17, 15) is 4.79 Å². The number of rotatable bonds is 8. The van der Waals surface area contributed by atoms with Crippen molar-refractivity contribution in [2.24, 2.45) is 0 Å². The van der Waals surface area contributed by atoms with E-state index in [2.05, 4.69) is 15.6 Å². The number of carboxylic acid groups (broad SMARTS) is 1. The first-order valence-electron chi connectivity index (χ1n) is 6.98. The van der Waals surface area contributed by atoms with Gasteiger partial charge in [0.15, 0.2) is 0 Å². The molecule has 1 heterocycles. The number of amides is 1. The smallest absolute Gasteiger partial charge is 0.404 e. The molecule has 118 valence electrons. The summed E-state index contributed by atoms with van der Waals surface area (Å²) in [6.45, 7) is 1.90. The van der Waals surface area contributed by atoms with Gasteiger partial charge in [0.25, 0.3) is 0 Å². The fourth-order valence-electron chi connectivity index (χ4n) is 1.82. The minimum Gasteiger partial charge on any atom is -0.494 e. The molecule has 1 aromatic heterocycles. The molecule has 6 nitrogen and oxygen atoms in total. The van der Waals surface area contributed by atoms with Crippen LogP contribution in [0.15, 0.2) is 30.5 Å². The van der Waals surface area contributed by atoms with E-state index in [1.165, 1.54) is 11.3 Å². The summed E-state index contributed by atoms with van der Waals surface area (Å²) in [5, 5.41) is 14.9. The minimum absolute atomic E-state index is 0.277. The van der Waals surface area contributed by atoms with Gasteiger partial charge in [-0.3, -0.25) is 0 Å². The van der Waals surface area contributed by atoms with Crippen LogP contribution in [-0.4, -0.2) is 36.4 Å². The molecule has 0 unspecified atom stereocenters. The maximum absolute atomic E-state index is 10.5. The van der Waals surface area contributed by atoms with Crippen LogP contribution in [0.25, 0.3) is 10.6 Å². The third-order valence-corrected chi connectivity index (χ3v) is 3.95. The van der Waals surface area contributed by atoms with E-state index in [1.807, 2.05) is 31.3 Å². The average Bonchev–Trinajstić information content (AvgIpc) is 2.99. The highest BCUT2D eigenvalue weighted by atomic mass is 32.1. The fraction of sp³-hybridized carbons (Fsp3) is 0.333. The van der Waals surface area contributed by atoms with Crippen molar-refractivity contribution in [3.8, 4) is 16.3 Å². The summed E-state index contributed by atoms with van der Waals surface area (Å²) in [5.74, 6) is 0.837. The second-order valence-electron chi connectivity index (χ2n) is 4.62. The molecule has 2 aromatic rings. The second kappa shape index (κ2) is 8.35. The summed E-state index contributed by atoms with van der Waals surface area (Å²) in [4.78, 5) is 15.7. The minimum atomic E-state index is -1.03. The monoisotopic (exact) mass is 321 g/mol. The van der Waals surface area contributed by atoms with Gasteiger partial charge in [0, 0.05) is 16.6 Å². The van der Waals surface area contributed by atoms with Gasteiger partial charge in [-0.25, -0.2) is 9.78 Å². The van der Waals surface area contributed by atoms with Crippen LogP contribution in [0, 0.1) is 0 Å². The van der Waals surface area contributed by atoms with Crippen molar-refractivity contribution in [3.05, 3.63) is 35.3 Å². The molecule has 0 spiro atoms. The molecule has 1 amide bonds. The molecular weight excluding hydrogens is 302 g/mol. The third kappa shape index (κ3) is 5.01. The Kier molecular flexibility index (Phi) is 6.17. The molecule has 0 saturated carbocycles. The fourth-order valence-corrected chi connectivity index (χ4v) is 2.68. The number of hydrogen-bond donors (Lipinski definition) is 3. The summed E-state index contributed by atoms with van der Waals surface area (Å²) in [6.07, 6.45) is 1.62. The van der Waals surface area contributed by atoms with Crippen LogP contribution in [0.2, 0.25) is 0 Å². The number of nitrogens with zero attached hydrogens (tertiary/aromatic N) is 1. The van der Waals surface area contributed by atoms with Gasteiger partial charge >= 0.3 is 6.09 Å². The number of thiazole rings is 1. The number of benzene rings is 1. The molecule has 0 aliphatic rings. The van der Waals surface area contributed by atoms with Crippen LogP contribution in [0.5, 0.6) is 5.75 Å². The Bertz CT molecular complexity index is 598. The van der Waals surface area contributed by atoms with Crippen LogP contribution in [0.3, 0.4) is 0 Å². The lowest BCUT2D eigenvalue weighted by atomic mass is 10.2. The molecule has 7 heteroatoms. The van der Waals surface area contributed by atoms with Crippen molar-refractivity contribution in [2.45, 2.75) is 13.0 Å². The third-order valence-electron chi connectivity index (χ3n) is 2.91. The summed E-state index contributed by atoms with van der Waals surface area (Å²) in [6, 6.07) is 7.76. The SMILES string of the molecule is CNCCCOc1ccc(-c2ncc(CNC(=O)O)s2)cc1. The number of aromatic nitrogens is 1. The molecule has 3 N–H and O–H groups in total. The lowest BCUT2D eigenvalue weighted by Crippen LogP contribution is -2.19.